The fourth-order valence-electron chi connectivity index (χ4n) is 1.73. The van der Waals surface area contributed by atoms with Crippen molar-refractivity contribution in [3.8, 4) is 0 Å². The molecule has 0 aromatic carbocycles. The first kappa shape index (κ1) is 15.4. The Kier molecular flexibility index (Phi) is 5.47. The van der Waals surface area contributed by atoms with Crippen molar-refractivity contribution in [2.24, 2.45) is 10.8 Å². The molecule has 0 aromatic heterocycles. The maximum absolute atomic E-state index is 10.9. The molecule has 1 unspecified atom stereocenters. The molecule has 0 aliphatic rings. The van der Waals surface area contributed by atoms with Crippen LogP contribution in [0.2, 0.25) is 0 Å². The molecular formula is C13H27NO2. The summed E-state index contributed by atoms with van der Waals surface area (Å²) in [4.78, 5) is 10.9. The van der Waals surface area contributed by atoms with Crippen LogP contribution in [0.25, 0.3) is 0 Å². The van der Waals surface area contributed by atoms with E-state index in [1.807, 2.05) is 0 Å². The van der Waals surface area contributed by atoms with Gasteiger partial charge in [0.25, 0.3) is 0 Å². The number of nitrogens with one attached hydrogen (secondary N) is 1. The number of rotatable bonds is 6. The Labute approximate surface area is 99.6 Å². The zero-order valence-electron chi connectivity index (χ0n) is 11.6. The normalized spacial score (nSPS) is 14.9. The maximum atomic E-state index is 10.9. The second kappa shape index (κ2) is 5.67. The van der Waals surface area contributed by atoms with Gasteiger partial charge in [-0.05, 0) is 45.6 Å². The molecule has 0 saturated heterocycles. The van der Waals surface area contributed by atoms with Crippen LogP contribution >= 0.6 is 0 Å². The molecule has 0 bridgehead atoms. The number of carbonyl (C=O) groups is 1. The summed E-state index contributed by atoms with van der Waals surface area (Å²) in [5.74, 6) is -0.724. The summed E-state index contributed by atoms with van der Waals surface area (Å²) in [6, 6.07) is 0.435. The van der Waals surface area contributed by atoms with Gasteiger partial charge in [0.1, 0.15) is 0 Å². The molecule has 0 spiro atoms. The second-order valence-electron chi connectivity index (χ2n) is 6.56. The second-order valence-corrected chi connectivity index (χ2v) is 6.56. The van der Waals surface area contributed by atoms with Gasteiger partial charge in [0, 0.05) is 6.04 Å². The third-order valence-corrected chi connectivity index (χ3v) is 2.74. The van der Waals surface area contributed by atoms with Gasteiger partial charge >= 0.3 is 5.97 Å². The van der Waals surface area contributed by atoms with E-state index in [2.05, 4.69) is 33.0 Å². The van der Waals surface area contributed by atoms with Gasteiger partial charge in [-0.15, -0.1) is 0 Å². The molecule has 1 atom stereocenters. The number of aliphatic carboxylic acids is 1. The Morgan fingerprint density at radius 2 is 1.75 bits per heavy atom. The van der Waals surface area contributed by atoms with Crippen molar-refractivity contribution >= 4 is 5.97 Å². The lowest BCUT2D eigenvalue weighted by molar-refractivity contribution is -0.147. The van der Waals surface area contributed by atoms with Crippen molar-refractivity contribution in [1.29, 1.82) is 0 Å². The van der Waals surface area contributed by atoms with Crippen LogP contribution in [0.15, 0.2) is 0 Å². The molecule has 0 aliphatic heterocycles. The summed E-state index contributed by atoms with van der Waals surface area (Å²) in [6.07, 6.45) is 1.76. The lowest BCUT2D eigenvalue weighted by atomic mass is 9.87. The van der Waals surface area contributed by atoms with Crippen LogP contribution in [0, 0.1) is 10.8 Å². The quantitative estimate of drug-likeness (QED) is 0.736. The standard InChI is InChI=1S/C13H27NO2/c1-10(9-12(2,3)4)14-8-7-13(5,6)11(15)16/h10,14H,7-9H2,1-6H3,(H,15,16). The molecule has 0 fully saturated rings. The van der Waals surface area contributed by atoms with Crippen molar-refractivity contribution in [3.63, 3.8) is 0 Å². The first-order valence-corrected chi connectivity index (χ1v) is 6.01. The summed E-state index contributed by atoms with van der Waals surface area (Å²) in [5, 5.41) is 12.4. The molecule has 0 amide bonds. The Bertz CT molecular complexity index is 229. The van der Waals surface area contributed by atoms with Crippen molar-refractivity contribution in [1.82, 2.24) is 5.32 Å². The van der Waals surface area contributed by atoms with Gasteiger partial charge in [-0.1, -0.05) is 20.8 Å². The van der Waals surface area contributed by atoms with Gasteiger partial charge in [0.05, 0.1) is 5.41 Å². The largest absolute Gasteiger partial charge is 0.481 e. The van der Waals surface area contributed by atoms with Crippen LogP contribution in [0.1, 0.15) is 54.4 Å². The van der Waals surface area contributed by atoms with Crippen LogP contribution in [-0.2, 0) is 4.79 Å². The molecule has 0 heterocycles. The van der Waals surface area contributed by atoms with E-state index < -0.39 is 11.4 Å². The van der Waals surface area contributed by atoms with Gasteiger partial charge in [-0.25, -0.2) is 0 Å². The smallest absolute Gasteiger partial charge is 0.309 e. The highest BCUT2D eigenvalue weighted by Gasteiger charge is 2.26. The topological polar surface area (TPSA) is 49.3 Å². The highest BCUT2D eigenvalue weighted by atomic mass is 16.4. The first-order valence-electron chi connectivity index (χ1n) is 6.01. The van der Waals surface area contributed by atoms with Gasteiger partial charge in [0.15, 0.2) is 0 Å². The Morgan fingerprint density at radius 1 is 1.25 bits per heavy atom. The van der Waals surface area contributed by atoms with E-state index in [0.717, 1.165) is 13.0 Å². The molecule has 0 aromatic rings. The highest BCUT2D eigenvalue weighted by Crippen LogP contribution is 2.22. The average Bonchev–Trinajstić information content (AvgIpc) is 1.99. The fourth-order valence-corrected chi connectivity index (χ4v) is 1.73. The summed E-state index contributed by atoms with van der Waals surface area (Å²) in [7, 11) is 0. The third-order valence-electron chi connectivity index (χ3n) is 2.74. The highest BCUT2D eigenvalue weighted by molar-refractivity contribution is 5.73. The zero-order valence-corrected chi connectivity index (χ0v) is 11.6. The van der Waals surface area contributed by atoms with Crippen molar-refractivity contribution in [2.75, 3.05) is 6.54 Å². The summed E-state index contributed by atoms with van der Waals surface area (Å²) in [5.41, 5.74) is -0.316. The molecule has 0 aliphatic carbocycles. The molecule has 0 radical (unpaired) electrons. The number of carboxylic acid groups (broad SMARTS) is 1. The molecule has 0 saturated carbocycles. The molecule has 16 heavy (non-hydrogen) atoms. The van der Waals surface area contributed by atoms with E-state index in [4.69, 9.17) is 5.11 Å². The molecule has 2 N–H and O–H groups in total. The Hall–Kier alpha value is -0.570. The minimum atomic E-state index is -0.724. The number of hydrogen-bond acceptors (Lipinski definition) is 2. The minimum absolute atomic E-state index is 0.314. The van der Waals surface area contributed by atoms with E-state index >= 15 is 0 Å². The van der Waals surface area contributed by atoms with Crippen LogP contribution in [0.4, 0.5) is 0 Å². The Balaban J connectivity index is 3.87. The first-order chi connectivity index (χ1) is 7.04. The van der Waals surface area contributed by atoms with E-state index in [9.17, 15) is 4.79 Å². The summed E-state index contributed by atoms with van der Waals surface area (Å²) < 4.78 is 0. The van der Waals surface area contributed by atoms with Crippen LogP contribution in [0.3, 0.4) is 0 Å². The van der Waals surface area contributed by atoms with E-state index in [0.29, 0.717) is 17.9 Å². The van der Waals surface area contributed by atoms with Gasteiger partial charge in [-0.3, -0.25) is 4.79 Å². The van der Waals surface area contributed by atoms with Crippen molar-refractivity contribution < 1.29 is 9.90 Å². The molecular weight excluding hydrogens is 202 g/mol. The zero-order chi connectivity index (χ0) is 13.0. The SMILES string of the molecule is CC(CC(C)(C)C)NCCC(C)(C)C(=O)O. The maximum Gasteiger partial charge on any atom is 0.309 e. The van der Waals surface area contributed by atoms with E-state index in [-0.39, 0.29) is 0 Å². The lowest BCUT2D eigenvalue weighted by Crippen LogP contribution is -2.35. The lowest BCUT2D eigenvalue weighted by Gasteiger charge is -2.25. The van der Waals surface area contributed by atoms with Gasteiger partial charge < -0.3 is 10.4 Å². The predicted molar refractivity (Wildman–Crippen MR) is 67.6 cm³/mol. The molecule has 3 nitrogen and oxygen atoms in total. The van der Waals surface area contributed by atoms with Crippen molar-refractivity contribution in [2.45, 2.75) is 60.4 Å². The predicted octanol–water partition coefficient (Wildman–Crippen LogP) is 2.90. The summed E-state index contributed by atoms with van der Waals surface area (Å²) in [6.45, 7) is 13.1. The van der Waals surface area contributed by atoms with Gasteiger partial charge in [-0.2, -0.15) is 0 Å². The number of carboxylic acids is 1. The van der Waals surface area contributed by atoms with Crippen LogP contribution < -0.4 is 5.32 Å². The summed E-state index contributed by atoms with van der Waals surface area (Å²) >= 11 is 0. The molecule has 3 heteroatoms. The molecule has 0 rings (SSSR count). The monoisotopic (exact) mass is 229 g/mol. The van der Waals surface area contributed by atoms with Crippen LogP contribution in [-0.4, -0.2) is 23.7 Å². The van der Waals surface area contributed by atoms with E-state index in [1.54, 1.807) is 13.8 Å². The minimum Gasteiger partial charge on any atom is -0.481 e. The number of hydrogen-bond donors (Lipinski definition) is 2. The van der Waals surface area contributed by atoms with Crippen LogP contribution in [0.5, 0.6) is 0 Å². The van der Waals surface area contributed by atoms with Gasteiger partial charge in [0.2, 0.25) is 0 Å². The Morgan fingerprint density at radius 3 is 2.12 bits per heavy atom. The van der Waals surface area contributed by atoms with Crippen molar-refractivity contribution in [3.05, 3.63) is 0 Å². The average molecular weight is 229 g/mol. The third kappa shape index (κ3) is 6.83. The van der Waals surface area contributed by atoms with E-state index in [1.165, 1.54) is 0 Å². The molecule has 96 valence electrons. The fraction of sp³-hybridized carbons (Fsp3) is 0.923.